The second-order valence-corrected chi connectivity index (χ2v) is 4.31. The van der Waals surface area contributed by atoms with Gasteiger partial charge in [-0.15, -0.1) is 0 Å². The van der Waals surface area contributed by atoms with Crippen LogP contribution in [0.2, 0.25) is 0 Å². The number of aromatic nitrogens is 2. The quantitative estimate of drug-likeness (QED) is 0.783. The Morgan fingerprint density at radius 3 is 2.67 bits per heavy atom. The first-order valence-electron chi connectivity index (χ1n) is 6.00. The van der Waals surface area contributed by atoms with Crippen molar-refractivity contribution >= 4 is 11.7 Å². The zero-order valence-corrected chi connectivity index (χ0v) is 11.0. The van der Waals surface area contributed by atoms with Crippen LogP contribution >= 0.6 is 0 Å². The molecule has 0 aliphatic heterocycles. The summed E-state index contributed by atoms with van der Waals surface area (Å²) in [5, 5.41) is 2.88. The van der Waals surface area contributed by atoms with Gasteiger partial charge in [-0.05, 0) is 12.8 Å². The van der Waals surface area contributed by atoms with Gasteiger partial charge in [-0.2, -0.15) is 0 Å². The van der Waals surface area contributed by atoms with Gasteiger partial charge >= 0.3 is 0 Å². The number of rotatable bonds is 6. The molecule has 0 radical (unpaired) electrons. The van der Waals surface area contributed by atoms with Gasteiger partial charge in [0.05, 0.1) is 25.0 Å². The molecule has 0 bridgehead atoms. The summed E-state index contributed by atoms with van der Waals surface area (Å²) >= 11 is 0. The molecule has 1 heterocycles. The standard InChI is InChI=1S/C12H20N4O2/c1-4-18-7-10(8(2)3)16-12(17)9-5-15-11(13)6-14-9/h5-6,8,10H,4,7H2,1-3H3,(H2,13,15)(H,16,17). The molecule has 1 atom stereocenters. The van der Waals surface area contributed by atoms with E-state index in [-0.39, 0.29) is 23.6 Å². The predicted octanol–water partition coefficient (Wildman–Crippen LogP) is 0.850. The number of nitrogens with zero attached hydrogens (tertiary/aromatic N) is 2. The summed E-state index contributed by atoms with van der Waals surface area (Å²) in [5.41, 5.74) is 5.67. The van der Waals surface area contributed by atoms with Gasteiger partial charge in [-0.25, -0.2) is 9.97 Å². The van der Waals surface area contributed by atoms with Crippen LogP contribution in [0.25, 0.3) is 0 Å². The van der Waals surface area contributed by atoms with Crippen molar-refractivity contribution in [2.45, 2.75) is 26.8 Å². The minimum absolute atomic E-state index is 0.0446. The van der Waals surface area contributed by atoms with Crippen LogP contribution in [-0.4, -0.2) is 35.1 Å². The molecule has 1 aromatic heterocycles. The highest BCUT2D eigenvalue weighted by atomic mass is 16.5. The molecule has 1 unspecified atom stereocenters. The van der Waals surface area contributed by atoms with Crippen LogP contribution in [0.4, 0.5) is 5.82 Å². The SMILES string of the molecule is CCOCC(NC(=O)c1cnc(N)cn1)C(C)C. The molecule has 0 saturated carbocycles. The lowest BCUT2D eigenvalue weighted by Gasteiger charge is -2.21. The van der Waals surface area contributed by atoms with Gasteiger partial charge in [0.25, 0.3) is 5.91 Å². The Balaban J connectivity index is 2.63. The van der Waals surface area contributed by atoms with Crippen molar-refractivity contribution in [2.75, 3.05) is 18.9 Å². The summed E-state index contributed by atoms with van der Waals surface area (Å²) in [6.07, 6.45) is 2.73. The van der Waals surface area contributed by atoms with Crippen LogP contribution in [0.5, 0.6) is 0 Å². The summed E-state index contributed by atoms with van der Waals surface area (Å²) < 4.78 is 5.34. The van der Waals surface area contributed by atoms with Crippen LogP contribution in [0.3, 0.4) is 0 Å². The average Bonchev–Trinajstić information content (AvgIpc) is 2.34. The van der Waals surface area contributed by atoms with Gasteiger partial charge in [0.15, 0.2) is 0 Å². The Hall–Kier alpha value is -1.69. The number of nitrogens with one attached hydrogen (secondary N) is 1. The molecule has 6 heteroatoms. The van der Waals surface area contributed by atoms with Crippen LogP contribution in [0.1, 0.15) is 31.3 Å². The van der Waals surface area contributed by atoms with E-state index in [1.54, 1.807) is 0 Å². The normalized spacial score (nSPS) is 12.4. The number of nitrogens with two attached hydrogens (primary N) is 1. The van der Waals surface area contributed by atoms with Gasteiger partial charge in [-0.1, -0.05) is 13.8 Å². The fourth-order valence-electron chi connectivity index (χ4n) is 1.34. The number of nitrogen functional groups attached to an aromatic ring is 1. The maximum absolute atomic E-state index is 11.9. The number of hydrogen-bond donors (Lipinski definition) is 2. The van der Waals surface area contributed by atoms with Gasteiger partial charge in [-0.3, -0.25) is 4.79 Å². The van der Waals surface area contributed by atoms with Gasteiger partial charge < -0.3 is 15.8 Å². The molecule has 1 rings (SSSR count). The van der Waals surface area contributed by atoms with Crippen molar-refractivity contribution in [1.82, 2.24) is 15.3 Å². The molecule has 100 valence electrons. The Morgan fingerprint density at radius 2 is 2.17 bits per heavy atom. The van der Waals surface area contributed by atoms with E-state index in [9.17, 15) is 4.79 Å². The lowest BCUT2D eigenvalue weighted by molar-refractivity contribution is 0.0801. The Labute approximate surface area is 107 Å². The number of hydrogen-bond acceptors (Lipinski definition) is 5. The summed E-state index contributed by atoms with van der Waals surface area (Å²) in [4.78, 5) is 19.7. The molecule has 1 aromatic rings. The number of amides is 1. The maximum atomic E-state index is 11.9. The van der Waals surface area contributed by atoms with Crippen LogP contribution < -0.4 is 11.1 Å². The van der Waals surface area contributed by atoms with Crippen LogP contribution in [0.15, 0.2) is 12.4 Å². The first kappa shape index (κ1) is 14.4. The summed E-state index contributed by atoms with van der Waals surface area (Å²) in [6.45, 7) is 7.09. The second kappa shape index (κ2) is 6.90. The Kier molecular flexibility index (Phi) is 5.51. The van der Waals surface area contributed by atoms with E-state index in [1.807, 2.05) is 20.8 Å². The molecule has 1 amide bonds. The largest absolute Gasteiger partial charge is 0.382 e. The predicted molar refractivity (Wildman–Crippen MR) is 69.0 cm³/mol. The van der Waals surface area contributed by atoms with Gasteiger partial charge in [0, 0.05) is 6.61 Å². The summed E-state index contributed by atoms with van der Waals surface area (Å²) in [6, 6.07) is -0.0446. The molecule has 6 nitrogen and oxygen atoms in total. The molecule has 0 aromatic carbocycles. The maximum Gasteiger partial charge on any atom is 0.271 e. The summed E-state index contributed by atoms with van der Waals surface area (Å²) in [7, 11) is 0. The first-order valence-corrected chi connectivity index (χ1v) is 6.00. The molecule has 3 N–H and O–H groups in total. The highest BCUT2D eigenvalue weighted by Gasteiger charge is 2.18. The smallest absolute Gasteiger partial charge is 0.271 e. The zero-order chi connectivity index (χ0) is 13.5. The van der Waals surface area contributed by atoms with E-state index in [2.05, 4.69) is 15.3 Å². The molecular formula is C12H20N4O2. The van der Waals surface area contributed by atoms with Crippen LogP contribution in [0, 0.1) is 5.92 Å². The van der Waals surface area contributed by atoms with E-state index in [1.165, 1.54) is 12.4 Å². The van der Waals surface area contributed by atoms with Crippen LogP contribution in [-0.2, 0) is 4.74 Å². The van der Waals surface area contributed by atoms with Crippen molar-refractivity contribution in [2.24, 2.45) is 5.92 Å². The third-order valence-corrected chi connectivity index (χ3v) is 2.53. The fraction of sp³-hybridized carbons (Fsp3) is 0.583. The van der Waals surface area contributed by atoms with Gasteiger partial charge in [0.2, 0.25) is 0 Å². The lowest BCUT2D eigenvalue weighted by Crippen LogP contribution is -2.42. The molecule has 0 saturated heterocycles. The fourth-order valence-corrected chi connectivity index (χ4v) is 1.34. The number of anilines is 1. The number of carbonyl (C=O) groups is 1. The van der Waals surface area contributed by atoms with E-state index >= 15 is 0 Å². The Bertz CT molecular complexity index is 378. The minimum Gasteiger partial charge on any atom is -0.382 e. The highest BCUT2D eigenvalue weighted by Crippen LogP contribution is 2.04. The van der Waals surface area contributed by atoms with Crippen molar-refractivity contribution in [3.05, 3.63) is 18.1 Å². The van der Waals surface area contributed by atoms with Crippen molar-refractivity contribution in [3.8, 4) is 0 Å². The summed E-state index contributed by atoms with van der Waals surface area (Å²) in [5.74, 6) is 0.310. The number of carbonyl (C=O) groups excluding carboxylic acids is 1. The number of ether oxygens (including phenoxy) is 1. The van der Waals surface area contributed by atoms with Crippen molar-refractivity contribution < 1.29 is 9.53 Å². The monoisotopic (exact) mass is 252 g/mol. The molecule has 0 aliphatic rings. The molecule has 0 fully saturated rings. The molecule has 18 heavy (non-hydrogen) atoms. The second-order valence-electron chi connectivity index (χ2n) is 4.31. The topological polar surface area (TPSA) is 90.1 Å². The van der Waals surface area contributed by atoms with E-state index in [4.69, 9.17) is 10.5 Å². The third-order valence-electron chi connectivity index (χ3n) is 2.53. The highest BCUT2D eigenvalue weighted by molar-refractivity contribution is 5.92. The van der Waals surface area contributed by atoms with E-state index < -0.39 is 0 Å². The van der Waals surface area contributed by atoms with Crippen molar-refractivity contribution in [1.29, 1.82) is 0 Å². The zero-order valence-electron chi connectivity index (χ0n) is 11.0. The third kappa shape index (κ3) is 4.29. The van der Waals surface area contributed by atoms with Gasteiger partial charge in [0.1, 0.15) is 11.5 Å². The molecule has 0 aliphatic carbocycles. The van der Waals surface area contributed by atoms with E-state index in [0.29, 0.717) is 19.0 Å². The Morgan fingerprint density at radius 1 is 1.44 bits per heavy atom. The first-order chi connectivity index (χ1) is 8.54. The van der Waals surface area contributed by atoms with Crippen molar-refractivity contribution in [3.63, 3.8) is 0 Å². The molecular weight excluding hydrogens is 232 g/mol. The van der Waals surface area contributed by atoms with E-state index in [0.717, 1.165) is 0 Å². The molecule has 0 spiro atoms. The minimum atomic E-state index is -0.263. The average molecular weight is 252 g/mol. The lowest BCUT2D eigenvalue weighted by atomic mass is 10.1.